The number of aromatic amines is 1. The van der Waals surface area contributed by atoms with Gasteiger partial charge in [-0.2, -0.15) is 4.31 Å². The molecule has 0 saturated carbocycles. The van der Waals surface area contributed by atoms with Gasteiger partial charge in [-0.3, -0.25) is 14.3 Å². The molecule has 2 heterocycles. The van der Waals surface area contributed by atoms with Crippen LogP contribution in [0.5, 0.6) is 0 Å². The minimum absolute atomic E-state index is 0.659. The minimum Gasteiger partial charge on any atom is -0.386 e. The summed E-state index contributed by atoms with van der Waals surface area (Å²) in [5.74, 6) is 1.84. The maximum atomic E-state index is 12.0. The van der Waals surface area contributed by atoms with Crippen molar-refractivity contribution in [2.24, 2.45) is 0 Å². The highest BCUT2D eigenvalue weighted by atomic mass is 32.5. The zero-order chi connectivity index (χ0) is 23.8. The van der Waals surface area contributed by atoms with Gasteiger partial charge in [0.1, 0.15) is 12.2 Å². The molecule has 1 aliphatic heterocycles. The van der Waals surface area contributed by atoms with Gasteiger partial charge < -0.3 is 39.0 Å². The molecule has 2 unspecified atom stereocenters. The number of rotatable bonds is 8. The molecule has 2 rings (SSSR count). The van der Waals surface area contributed by atoms with E-state index >= 15 is 0 Å². The summed E-state index contributed by atoms with van der Waals surface area (Å²) in [4.78, 5) is 61.1. The number of ether oxygens (including phenoxy) is 1. The molecule has 0 aliphatic carbocycles. The fraction of sp³-hybridized carbons (Fsp3) is 0.455. The van der Waals surface area contributed by atoms with Crippen molar-refractivity contribution >= 4 is 34.2 Å². The Morgan fingerprint density at radius 2 is 1.90 bits per heavy atom. The lowest BCUT2D eigenvalue weighted by Crippen LogP contribution is -2.48. The average Bonchev–Trinajstić information content (AvgIpc) is 2.82. The normalized spacial score (nSPS) is 30.3. The summed E-state index contributed by atoms with van der Waals surface area (Å²) >= 11 is 4.42. The summed E-state index contributed by atoms with van der Waals surface area (Å²) in [6.07, 6.45) is 0.836. The van der Waals surface area contributed by atoms with E-state index in [1.807, 2.05) is 10.9 Å². The summed E-state index contributed by atoms with van der Waals surface area (Å²) in [5.41, 5.74) is -4.36. The Balaban J connectivity index is 2.19. The number of aliphatic hydroxyl groups is 2. The molecular weight excluding hydrogens is 509 g/mol. The van der Waals surface area contributed by atoms with Crippen molar-refractivity contribution < 1.29 is 56.8 Å². The number of H-pyrrole nitrogens is 1. The smallest absolute Gasteiger partial charge is 0.386 e. The fourth-order valence-electron chi connectivity index (χ4n) is 2.42. The number of phosphoric acid groups is 2. The quantitative estimate of drug-likeness (QED) is 0.139. The number of nitrogens with zero attached hydrogens (tertiary/aromatic N) is 1. The number of aliphatic hydroxyl groups excluding tert-OH is 1. The molecule has 31 heavy (non-hydrogen) atoms. The second-order valence-corrected chi connectivity index (χ2v) is 11.6. The maximum absolute atomic E-state index is 12.0. The van der Waals surface area contributed by atoms with Gasteiger partial charge in [-0.15, -0.1) is 6.42 Å². The number of hydrogen-bond acceptors (Lipinski definition) is 11. The van der Waals surface area contributed by atoms with Crippen LogP contribution in [-0.4, -0.2) is 63.8 Å². The van der Waals surface area contributed by atoms with Crippen LogP contribution in [-0.2, 0) is 38.8 Å². The van der Waals surface area contributed by atoms with Gasteiger partial charge in [-0.1, -0.05) is 5.92 Å². The zero-order valence-corrected chi connectivity index (χ0v) is 18.3. The molecule has 0 amide bonds. The lowest BCUT2D eigenvalue weighted by molar-refractivity contribution is -0.0757. The third-order valence-electron chi connectivity index (χ3n) is 3.64. The molecule has 1 saturated heterocycles. The molecule has 1 aliphatic rings. The van der Waals surface area contributed by atoms with E-state index in [4.69, 9.17) is 20.9 Å². The van der Waals surface area contributed by atoms with E-state index < -0.39 is 64.3 Å². The lowest BCUT2D eigenvalue weighted by atomic mass is 9.95. The van der Waals surface area contributed by atoms with Crippen LogP contribution >= 0.6 is 22.4 Å². The highest BCUT2D eigenvalue weighted by molar-refractivity contribution is 8.08. The van der Waals surface area contributed by atoms with Gasteiger partial charge in [0.15, 0.2) is 11.8 Å². The molecule has 0 radical (unpaired) electrons. The van der Waals surface area contributed by atoms with Crippen LogP contribution in [0.25, 0.3) is 0 Å². The van der Waals surface area contributed by atoms with Gasteiger partial charge in [0.25, 0.3) is 5.56 Å². The van der Waals surface area contributed by atoms with Gasteiger partial charge >= 0.3 is 28.1 Å². The summed E-state index contributed by atoms with van der Waals surface area (Å²) in [6, 6.07) is 0.902. The van der Waals surface area contributed by atoms with Crippen molar-refractivity contribution in [1.82, 2.24) is 9.55 Å². The van der Waals surface area contributed by atoms with Crippen LogP contribution in [0.1, 0.15) is 6.23 Å². The third-order valence-corrected chi connectivity index (χ3v) is 8.35. The van der Waals surface area contributed by atoms with Crippen molar-refractivity contribution in [3.8, 4) is 12.3 Å². The second kappa shape index (κ2) is 9.06. The van der Waals surface area contributed by atoms with Crippen molar-refractivity contribution in [3.05, 3.63) is 33.1 Å². The summed E-state index contributed by atoms with van der Waals surface area (Å²) in [6.45, 7) is -5.67. The molecule has 174 valence electrons. The predicted octanol–water partition coefficient (Wildman–Crippen LogP) is -2.38. The molecule has 7 N–H and O–H groups in total. The van der Waals surface area contributed by atoms with E-state index in [-0.39, 0.29) is 0 Å². The molecule has 16 nitrogen and oxygen atoms in total. The average molecular weight is 524 g/mol. The maximum Gasteiger partial charge on any atom is 0.488 e. The van der Waals surface area contributed by atoms with Crippen molar-refractivity contribution in [2.45, 2.75) is 24.0 Å². The topological polar surface area (TPSA) is 247 Å². The van der Waals surface area contributed by atoms with Crippen LogP contribution < -0.4 is 11.2 Å². The van der Waals surface area contributed by atoms with Crippen molar-refractivity contribution in [2.75, 3.05) is 6.61 Å². The largest absolute Gasteiger partial charge is 0.488 e. The molecule has 0 aromatic carbocycles. The molecule has 6 atom stereocenters. The first kappa shape index (κ1) is 26.2. The SMILES string of the molecule is C#C[C@]1(O)C(n2ccc(=O)[nH]c2=O)O[C@H](CO[P@@](O)(=S)OP(=O)(O)OP(=O)(O)O)[C@H]1O. The Labute approximate surface area is 177 Å². The Morgan fingerprint density at radius 3 is 2.42 bits per heavy atom. The van der Waals surface area contributed by atoms with Gasteiger partial charge in [-0.25, -0.2) is 18.2 Å². The lowest BCUT2D eigenvalue weighted by Gasteiger charge is -2.26. The van der Waals surface area contributed by atoms with Crippen molar-refractivity contribution in [3.63, 3.8) is 0 Å². The number of terminal acetylenes is 1. The van der Waals surface area contributed by atoms with E-state index in [0.29, 0.717) is 4.57 Å². The monoisotopic (exact) mass is 524 g/mol. The first-order valence-electron chi connectivity index (χ1n) is 7.63. The Morgan fingerprint density at radius 1 is 1.29 bits per heavy atom. The Hall–Kier alpha value is -1.05. The van der Waals surface area contributed by atoms with Gasteiger partial charge in [-0.05, 0) is 11.8 Å². The molecular formula is C11H15N2O14P3S. The Kier molecular flexibility index (Phi) is 7.66. The fourth-order valence-corrected chi connectivity index (χ4v) is 6.39. The standard InChI is InChI=1S/C11H15N2O14P3S/c1-2-11(17)8(15)6(25-9(11)13-4-3-7(14)12-10(13)16)5-24-30(23,31)27-29(21,22)26-28(18,19)20/h1,3-4,6,8-9,15,17H,5H2,(H,21,22)(H,23,31)(H,12,14,16)(H2,18,19,20)/t6-,8-,9?,11-,30-/m1/s1. The van der Waals surface area contributed by atoms with Crippen LogP contribution in [0, 0.1) is 12.3 Å². The van der Waals surface area contributed by atoms with E-state index in [0.717, 1.165) is 12.3 Å². The van der Waals surface area contributed by atoms with Crippen LogP contribution in [0.4, 0.5) is 0 Å². The zero-order valence-electron chi connectivity index (χ0n) is 14.8. The second-order valence-electron chi connectivity index (χ2n) is 5.85. The van der Waals surface area contributed by atoms with E-state index in [9.17, 15) is 38.7 Å². The highest BCUT2D eigenvalue weighted by Crippen LogP contribution is 2.66. The van der Waals surface area contributed by atoms with Crippen molar-refractivity contribution in [1.29, 1.82) is 0 Å². The van der Waals surface area contributed by atoms with Gasteiger partial charge in [0, 0.05) is 12.3 Å². The predicted molar refractivity (Wildman–Crippen MR) is 102 cm³/mol. The summed E-state index contributed by atoms with van der Waals surface area (Å²) in [5, 5.41) is 20.9. The van der Waals surface area contributed by atoms with E-state index in [1.165, 1.54) is 0 Å². The molecule has 0 bridgehead atoms. The molecule has 1 aromatic heterocycles. The molecule has 1 aromatic rings. The highest BCUT2D eigenvalue weighted by Gasteiger charge is 2.56. The number of nitrogens with one attached hydrogen (secondary N) is 1. The summed E-state index contributed by atoms with van der Waals surface area (Å²) in [7, 11) is -11.1. The number of aromatic nitrogens is 2. The molecule has 20 heteroatoms. The van der Waals surface area contributed by atoms with E-state index in [2.05, 4.69) is 25.0 Å². The Bertz CT molecular complexity index is 1140. The molecule has 1 fully saturated rings. The van der Waals surface area contributed by atoms with Gasteiger partial charge in [0.05, 0.1) is 6.61 Å². The van der Waals surface area contributed by atoms with Crippen LogP contribution in [0.15, 0.2) is 21.9 Å². The van der Waals surface area contributed by atoms with E-state index in [1.54, 1.807) is 0 Å². The first-order valence-corrected chi connectivity index (χ1v) is 13.2. The van der Waals surface area contributed by atoms with Crippen LogP contribution in [0.2, 0.25) is 0 Å². The van der Waals surface area contributed by atoms with Crippen LogP contribution in [0.3, 0.4) is 0 Å². The first-order chi connectivity index (χ1) is 14.0. The summed E-state index contributed by atoms with van der Waals surface area (Å²) < 4.78 is 40.3. The van der Waals surface area contributed by atoms with Gasteiger partial charge in [0.2, 0.25) is 0 Å². The third kappa shape index (κ3) is 6.48. The molecule has 0 spiro atoms. The minimum atomic E-state index is -5.57. The number of hydrogen-bond donors (Lipinski definition) is 7.